The van der Waals surface area contributed by atoms with Crippen molar-refractivity contribution in [1.82, 2.24) is 15.0 Å². The molecule has 0 bridgehead atoms. The van der Waals surface area contributed by atoms with E-state index in [2.05, 4.69) is 15.0 Å². The van der Waals surface area contributed by atoms with E-state index >= 15 is 0 Å². The molecule has 0 aromatic carbocycles. The number of nitrogens with zero attached hydrogens (tertiary/aromatic N) is 2. The average molecular weight is 269 g/mol. The number of hydrogen-bond donors (Lipinski definition) is 1. The highest BCUT2D eigenvalue weighted by Gasteiger charge is 2.08. The highest BCUT2D eigenvalue weighted by Crippen LogP contribution is 2.29. The predicted molar refractivity (Wildman–Crippen MR) is 76.1 cm³/mol. The second-order valence-electron chi connectivity index (χ2n) is 4.17. The fourth-order valence-electron chi connectivity index (χ4n) is 1.81. The van der Waals surface area contributed by atoms with E-state index in [1.54, 1.807) is 29.8 Å². The van der Waals surface area contributed by atoms with Crippen molar-refractivity contribution >= 4 is 11.3 Å². The summed E-state index contributed by atoms with van der Waals surface area (Å²) in [6, 6.07) is 5.25. The molecule has 0 saturated carbocycles. The third-order valence-electron chi connectivity index (χ3n) is 2.85. The Bertz CT molecular complexity index is 756. The molecule has 19 heavy (non-hydrogen) atoms. The first kappa shape index (κ1) is 11.8. The van der Waals surface area contributed by atoms with Crippen molar-refractivity contribution in [2.75, 3.05) is 0 Å². The number of aromatic nitrogens is 3. The number of thiazole rings is 1. The molecule has 1 N–H and O–H groups in total. The van der Waals surface area contributed by atoms with Crippen LogP contribution in [-0.2, 0) is 0 Å². The molecule has 0 aliphatic heterocycles. The van der Waals surface area contributed by atoms with Crippen molar-refractivity contribution in [3.05, 3.63) is 58.1 Å². The zero-order valence-electron chi connectivity index (χ0n) is 10.3. The van der Waals surface area contributed by atoms with Crippen molar-refractivity contribution in [1.29, 1.82) is 0 Å². The third kappa shape index (κ3) is 2.32. The van der Waals surface area contributed by atoms with Crippen LogP contribution in [0.3, 0.4) is 0 Å². The van der Waals surface area contributed by atoms with Crippen molar-refractivity contribution in [2.24, 2.45) is 0 Å². The number of aromatic amines is 1. The van der Waals surface area contributed by atoms with Crippen LogP contribution >= 0.6 is 11.3 Å². The highest BCUT2D eigenvalue weighted by molar-refractivity contribution is 7.13. The molecule has 0 aliphatic rings. The second kappa shape index (κ2) is 4.78. The Balaban J connectivity index is 2.02. The molecular formula is C14H11N3OS. The highest BCUT2D eigenvalue weighted by atomic mass is 32.1. The molecular weight excluding hydrogens is 258 g/mol. The first-order valence-corrected chi connectivity index (χ1v) is 6.67. The topological polar surface area (TPSA) is 58.6 Å². The van der Waals surface area contributed by atoms with E-state index in [-0.39, 0.29) is 5.56 Å². The fraction of sp³-hybridized carbons (Fsp3) is 0.0714. The molecule has 3 rings (SSSR count). The Labute approximate surface area is 113 Å². The summed E-state index contributed by atoms with van der Waals surface area (Å²) < 4.78 is 0. The van der Waals surface area contributed by atoms with Crippen molar-refractivity contribution in [3.63, 3.8) is 0 Å². The SMILES string of the molecule is Cc1ccncc1-c1csc(-c2ccc(=O)[nH]c2)n1. The van der Waals surface area contributed by atoms with Crippen LogP contribution in [0.2, 0.25) is 0 Å². The molecule has 94 valence electrons. The lowest BCUT2D eigenvalue weighted by Gasteiger charge is -2.00. The van der Waals surface area contributed by atoms with Crippen LogP contribution in [0.5, 0.6) is 0 Å². The van der Waals surface area contributed by atoms with Crippen LogP contribution in [0.1, 0.15) is 5.56 Å². The summed E-state index contributed by atoms with van der Waals surface area (Å²) in [4.78, 5) is 22.4. The standard InChI is InChI=1S/C14H11N3OS/c1-9-4-5-15-7-11(9)12-8-19-14(17-12)10-2-3-13(18)16-6-10/h2-8H,1H3,(H,16,18). The minimum Gasteiger partial charge on any atom is -0.328 e. The molecule has 0 atom stereocenters. The van der Waals surface area contributed by atoms with Gasteiger partial charge in [-0.25, -0.2) is 4.98 Å². The molecule has 3 aromatic heterocycles. The Hall–Kier alpha value is -2.27. The molecule has 0 spiro atoms. The van der Waals surface area contributed by atoms with Gasteiger partial charge in [-0.2, -0.15) is 0 Å². The van der Waals surface area contributed by atoms with Crippen LogP contribution in [0, 0.1) is 6.92 Å². The third-order valence-corrected chi connectivity index (χ3v) is 3.74. The van der Waals surface area contributed by atoms with Crippen LogP contribution in [0.15, 0.2) is 47.0 Å². The maximum Gasteiger partial charge on any atom is 0.247 e. The van der Waals surface area contributed by atoms with Crippen molar-refractivity contribution < 1.29 is 0 Å². The van der Waals surface area contributed by atoms with Gasteiger partial charge in [0.2, 0.25) is 5.56 Å². The Morgan fingerprint density at radius 2 is 2.16 bits per heavy atom. The molecule has 3 aromatic rings. The molecule has 0 amide bonds. The molecule has 0 radical (unpaired) electrons. The zero-order valence-corrected chi connectivity index (χ0v) is 11.1. The molecule has 0 saturated heterocycles. The van der Waals surface area contributed by atoms with Gasteiger partial charge < -0.3 is 4.98 Å². The summed E-state index contributed by atoms with van der Waals surface area (Å²) in [5, 5.41) is 2.89. The number of pyridine rings is 2. The zero-order chi connectivity index (χ0) is 13.2. The number of aryl methyl sites for hydroxylation is 1. The van der Waals surface area contributed by atoms with Gasteiger partial charge in [-0.15, -0.1) is 11.3 Å². The Morgan fingerprint density at radius 3 is 2.89 bits per heavy atom. The lowest BCUT2D eigenvalue weighted by atomic mass is 10.1. The number of hydrogen-bond acceptors (Lipinski definition) is 4. The summed E-state index contributed by atoms with van der Waals surface area (Å²) in [6.45, 7) is 2.04. The summed E-state index contributed by atoms with van der Waals surface area (Å²) >= 11 is 1.55. The molecule has 3 heterocycles. The fourth-order valence-corrected chi connectivity index (χ4v) is 2.62. The van der Waals surface area contributed by atoms with Crippen LogP contribution in [-0.4, -0.2) is 15.0 Å². The predicted octanol–water partition coefficient (Wildman–Crippen LogP) is 2.87. The monoisotopic (exact) mass is 269 g/mol. The van der Waals surface area contributed by atoms with E-state index in [9.17, 15) is 4.79 Å². The largest absolute Gasteiger partial charge is 0.328 e. The van der Waals surface area contributed by atoms with Gasteiger partial charge in [0.1, 0.15) is 5.01 Å². The Kier molecular flexibility index (Phi) is 2.97. The van der Waals surface area contributed by atoms with Gasteiger partial charge in [0.05, 0.1) is 5.69 Å². The lowest BCUT2D eigenvalue weighted by Crippen LogP contribution is -2.01. The normalized spacial score (nSPS) is 10.6. The molecule has 0 fully saturated rings. The quantitative estimate of drug-likeness (QED) is 0.778. The van der Waals surface area contributed by atoms with Crippen LogP contribution < -0.4 is 5.56 Å². The molecule has 0 unspecified atom stereocenters. The van der Waals surface area contributed by atoms with Gasteiger partial charge in [-0.3, -0.25) is 9.78 Å². The van der Waals surface area contributed by atoms with Crippen LogP contribution in [0.25, 0.3) is 21.8 Å². The van der Waals surface area contributed by atoms with E-state index < -0.39 is 0 Å². The van der Waals surface area contributed by atoms with Gasteiger partial charge in [0.25, 0.3) is 0 Å². The van der Waals surface area contributed by atoms with Gasteiger partial charge in [0.15, 0.2) is 0 Å². The average Bonchev–Trinajstić information content (AvgIpc) is 2.89. The summed E-state index contributed by atoms with van der Waals surface area (Å²) in [7, 11) is 0. The summed E-state index contributed by atoms with van der Waals surface area (Å²) in [6.07, 6.45) is 5.27. The lowest BCUT2D eigenvalue weighted by molar-refractivity contribution is 1.23. The van der Waals surface area contributed by atoms with Crippen molar-refractivity contribution in [2.45, 2.75) is 6.92 Å². The van der Waals surface area contributed by atoms with E-state index in [0.717, 1.165) is 27.4 Å². The molecule has 0 aliphatic carbocycles. The van der Waals surface area contributed by atoms with E-state index in [4.69, 9.17) is 0 Å². The summed E-state index contributed by atoms with van der Waals surface area (Å²) in [5.74, 6) is 0. The smallest absolute Gasteiger partial charge is 0.247 e. The molecule has 5 heteroatoms. The van der Waals surface area contributed by atoms with Gasteiger partial charge in [-0.05, 0) is 24.6 Å². The number of H-pyrrole nitrogens is 1. The summed E-state index contributed by atoms with van der Waals surface area (Å²) in [5.41, 5.74) is 3.90. The number of rotatable bonds is 2. The van der Waals surface area contributed by atoms with E-state index in [0.29, 0.717) is 0 Å². The number of nitrogens with one attached hydrogen (secondary N) is 1. The molecule has 4 nitrogen and oxygen atoms in total. The maximum atomic E-state index is 11.0. The van der Waals surface area contributed by atoms with E-state index in [1.165, 1.54) is 6.07 Å². The minimum absolute atomic E-state index is 0.108. The first-order valence-electron chi connectivity index (χ1n) is 5.79. The second-order valence-corrected chi connectivity index (χ2v) is 5.03. The van der Waals surface area contributed by atoms with Gasteiger partial charge in [-0.1, -0.05) is 0 Å². The van der Waals surface area contributed by atoms with E-state index in [1.807, 2.05) is 24.6 Å². The maximum absolute atomic E-state index is 11.0. The minimum atomic E-state index is -0.108. The Morgan fingerprint density at radius 1 is 1.26 bits per heavy atom. The van der Waals surface area contributed by atoms with Crippen LogP contribution in [0.4, 0.5) is 0 Å². The first-order chi connectivity index (χ1) is 9.24. The van der Waals surface area contributed by atoms with Gasteiger partial charge >= 0.3 is 0 Å². The van der Waals surface area contributed by atoms with Gasteiger partial charge in [0, 0.05) is 41.2 Å². The van der Waals surface area contributed by atoms with Crippen molar-refractivity contribution in [3.8, 4) is 21.8 Å².